The van der Waals surface area contributed by atoms with Crippen LogP contribution in [0.2, 0.25) is 0 Å². The summed E-state index contributed by atoms with van der Waals surface area (Å²) in [5.41, 5.74) is 5.17. The molecule has 1 N–H and O–H groups in total. The fourth-order valence-corrected chi connectivity index (χ4v) is 6.15. The number of carboxylic acids is 1. The fraction of sp³-hybridized carbons (Fsp3) is 0.273. The molecule has 1 amide bonds. The van der Waals surface area contributed by atoms with E-state index < -0.39 is 24.6 Å². The second-order valence-electron chi connectivity index (χ2n) is 13.4. The highest BCUT2D eigenvalue weighted by atomic mass is 16.6. The Morgan fingerprint density at radius 1 is 0.727 bits per heavy atom. The molecule has 0 radical (unpaired) electrons. The summed E-state index contributed by atoms with van der Waals surface area (Å²) in [7, 11) is 5.56. The van der Waals surface area contributed by atoms with Gasteiger partial charge in [0.1, 0.15) is 42.0 Å². The summed E-state index contributed by atoms with van der Waals surface area (Å²) in [5.74, 6) is 2.51. The number of hydrogen-bond donors (Lipinski definition) is 1. The molecular weight excluding hydrogens is 695 g/mol. The van der Waals surface area contributed by atoms with Gasteiger partial charge in [0.15, 0.2) is 0 Å². The third-order valence-electron chi connectivity index (χ3n) is 9.12. The number of benzene rings is 4. The summed E-state index contributed by atoms with van der Waals surface area (Å²) >= 11 is 0. The van der Waals surface area contributed by atoms with E-state index in [0.717, 1.165) is 34.9 Å². The highest BCUT2D eigenvalue weighted by molar-refractivity contribution is 5.78. The van der Waals surface area contributed by atoms with Gasteiger partial charge >= 0.3 is 12.1 Å². The Morgan fingerprint density at radius 3 is 1.73 bits per heavy atom. The minimum absolute atomic E-state index is 0.185. The first-order chi connectivity index (χ1) is 26.6. The molecule has 0 bridgehead atoms. The Balaban J connectivity index is 0.000000345. The minimum atomic E-state index is -1.13. The molecule has 0 saturated heterocycles. The van der Waals surface area contributed by atoms with Crippen LogP contribution in [0, 0.1) is 5.92 Å². The van der Waals surface area contributed by atoms with Gasteiger partial charge < -0.3 is 28.5 Å². The predicted molar refractivity (Wildman–Crippen MR) is 213 cm³/mol. The summed E-state index contributed by atoms with van der Waals surface area (Å²) in [6.07, 6.45) is 4.57. The smallest absolute Gasteiger partial charge is 0.416 e. The van der Waals surface area contributed by atoms with Gasteiger partial charge in [-0.15, -0.1) is 0 Å². The van der Waals surface area contributed by atoms with Gasteiger partial charge in [0.25, 0.3) is 0 Å². The van der Waals surface area contributed by atoms with Gasteiger partial charge in [-0.05, 0) is 60.7 Å². The molecule has 286 valence electrons. The zero-order chi connectivity index (χ0) is 39.3. The second-order valence-corrected chi connectivity index (χ2v) is 13.4. The summed E-state index contributed by atoms with van der Waals surface area (Å²) < 4.78 is 20.9. The van der Waals surface area contributed by atoms with Gasteiger partial charge in [0, 0.05) is 37.1 Å². The average molecular weight is 744 g/mol. The second kappa shape index (κ2) is 19.1. The summed E-state index contributed by atoms with van der Waals surface area (Å²) in [6, 6.07) is 33.6. The predicted octanol–water partition coefficient (Wildman–Crippen LogP) is 9.00. The number of carbonyl (C=O) groups excluding carboxylic acids is 1. The molecule has 1 unspecified atom stereocenters. The van der Waals surface area contributed by atoms with Crippen molar-refractivity contribution in [1.82, 2.24) is 24.0 Å². The van der Waals surface area contributed by atoms with Gasteiger partial charge in [-0.25, -0.2) is 14.8 Å². The largest absolute Gasteiger partial charge is 0.497 e. The van der Waals surface area contributed by atoms with Crippen molar-refractivity contribution in [2.24, 2.45) is 20.0 Å². The highest BCUT2D eigenvalue weighted by Crippen LogP contribution is 2.31. The number of carbonyl (C=O) groups is 2. The number of hydrogen-bond acceptors (Lipinski definition) is 7. The Labute approximate surface area is 322 Å². The molecule has 11 heteroatoms. The van der Waals surface area contributed by atoms with Crippen LogP contribution in [0.1, 0.15) is 50.2 Å². The SMILES string of the molecule is CCc1cnc(-c2ccccc2)n1C.COc1ccc(OC(=O)N(CC(=O)O)C(CC(C)C)c2ccc(OCc3cnc(-c4ccccc4)n3C)cc2)cc1. The molecule has 55 heavy (non-hydrogen) atoms. The third-order valence-corrected chi connectivity index (χ3v) is 9.12. The van der Waals surface area contributed by atoms with E-state index in [1.54, 1.807) is 37.6 Å². The average Bonchev–Trinajstić information content (AvgIpc) is 3.77. The van der Waals surface area contributed by atoms with Crippen LogP contribution in [0.5, 0.6) is 17.2 Å². The Bertz CT molecular complexity index is 2110. The summed E-state index contributed by atoms with van der Waals surface area (Å²) in [4.78, 5) is 35.2. The lowest BCUT2D eigenvalue weighted by Gasteiger charge is -2.31. The van der Waals surface area contributed by atoms with E-state index in [2.05, 4.69) is 40.6 Å². The molecule has 0 aliphatic carbocycles. The number of aryl methyl sites for hydroxylation is 1. The van der Waals surface area contributed by atoms with E-state index in [0.29, 0.717) is 30.3 Å². The van der Waals surface area contributed by atoms with Gasteiger partial charge in [-0.2, -0.15) is 0 Å². The van der Waals surface area contributed by atoms with Crippen LogP contribution in [0.3, 0.4) is 0 Å². The van der Waals surface area contributed by atoms with Gasteiger partial charge in [-0.1, -0.05) is 93.6 Å². The van der Waals surface area contributed by atoms with Crippen LogP contribution in [0.15, 0.2) is 122 Å². The number of ether oxygens (including phenoxy) is 3. The number of methoxy groups -OCH3 is 1. The first kappa shape index (κ1) is 39.8. The van der Waals surface area contributed by atoms with E-state index in [1.807, 2.05) is 104 Å². The Kier molecular flexibility index (Phi) is 13.8. The normalized spacial score (nSPS) is 11.3. The monoisotopic (exact) mass is 743 g/mol. The topological polar surface area (TPSA) is 121 Å². The fourth-order valence-electron chi connectivity index (χ4n) is 6.15. The summed E-state index contributed by atoms with van der Waals surface area (Å²) in [6.45, 7) is 6.01. The number of imidazole rings is 2. The maximum absolute atomic E-state index is 13.2. The van der Waals surface area contributed by atoms with Crippen molar-refractivity contribution in [1.29, 1.82) is 0 Å². The van der Waals surface area contributed by atoms with Crippen LogP contribution in [0.25, 0.3) is 22.8 Å². The van der Waals surface area contributed by atoms with Crippen molar-refractivity contribution in [3.63, 3.8) is 0 Å². The van der Waals surface area contributed by atoms with E-state index in [1.165, 1.54) is 16.2 Å². The lowest BCUT2D eigenvalue weighted by Crippen LogP contribution is -2.41. The van der Waals surface area contributed by atoms with Crippen molar-refractivity contribution in [2.75, 3.05) is 13.7 Å². The molecule has 0 spiro atoms. The van der Waals surface area contributed by atoms with E-state index in [-0.39, 0.29) is 5.92 Å². The molecular formula is C44H49N5O6. The number of carboxylic acid groups (broad SMARTS) is 1. The molecule has 2 heterocycles. The Hall–Kier alpha value is -6.36. The molecule has 2 aromatic heterocycles. The molecule has 6 rings (SSSR count). The number of nitrogens with zero attached hydrogens (tertiary/aromatic N) is 5. The van der Waals surface area contributed by atoms with Crippen molar-refractivity contribution in [2.45, 2.75) is 46.3 Å². The number of amides is 1. The molecule has 6 aromatic rings. The summed E-state index contributed by atoms with van der Waals surface area (Å²) in [5, 5.41) is 9.62. The first-order valence-corrected chi connectivity index (χ1v) is 18.3. The van der Waals surface area contributed by atoms with Crippen molar-refractivity contribution >= 4 is 12.1 Å². The van der Waals surface area contributed by atoms with Crippen LogP contribution < -0.4 is 14.2 Å². The van der Waals surface area contributed by atoms with E-state index in [9.17, 15) is 14.7 Å². The zero-order valence-electron chi connectivity index (χ0n) is 32.3. The van der Waals surface area contributed by atoms with E-state index >= 15 is 0 Å². The number of aliphatic carboxylic acids is 1. The standard InChI is InChI=1S/C32H35N3O6.C12H14N2/c1-22(2)18-29(35(20-30(36)37)32(38)41-28-16-14-26(39-4)15-17-28)23-10-12-27(13-11-23)40-21-25-19-33-31(34(25)3)24-8-6-5-7-9-24;1-3-11-9-13-12(14(11)2)10-7-5-4-6-8-10/h5-17,19,22,29H,18,20-21H2,1-4H3,(H,36,37);4-9H,3H2,1-2H3. The Morgan fingerprint density at radius 2 is 1.24 bits per heavy atom. The number of rotatable bonds is 14. The zero-order valence-corrected chi connectivity index (χ0v) is 32.3. The van der Waals surface area contributed by atoms with Crippen LogP contribution in [-0.2, 0) is 31.9 Å². The lowest BCUT2D eigenvalue weighted by molar-refractivity contribution is -0.138. The minimum Gasteiger partial charge on any atom is -0.497 e. The van der Waals surface area contributed by atoms with Crippen LogP contribution >= 0.6 is 0 Å². The van der Waals surface area contributed by atoms with Gasteiger partial charge in [0.2, 0.25) is 0 Å². The molecule has 0 saturated carbocycles. The van der Waals surface area contributed by atoms with Crippen molar-refractivity contribution in [3.8, 4) is 40.0 Å². The molecule has 0 aliphatic rings. The quantitative estimate of drug-likeness (QED) is 0.117. The third kappa shape index (κ3) is 10.6. The maximum atomic E-state index is 13.2. The van der Waals surface area contributed by atoms with Crippen molar-refractivity contribution < 1.29 is 28.9 Å². The lowest BCUT2D eigenvalue weighted by atomic mass is 9.95. The molecule has 0 aliphatic heterocycles. The molecule has 0 fully saturated rings. The first-order valence-electron chi connectivity index (χ1n) is 18.3. The van der Waals surface area contributed by atoms with E-state index in [4.69, 9.17) is 14.2 Å². The molecule has 11 nitrogen and oxygen atoms in total. The van der Waals surface area contributed by atoms with Crippen LogP contribution in [-0.4, -0.2) is 54.8 Å². The molecule has 4 aromatic carbocycles. The highest BCUT2D eigenvalue weighted by Gasteiger charge is 2.30. The van der Waals surface area contributed by atoms with Crippen molar-refractivity contribution in [3.05, 3.63) is 139 Å². The molecule has 1 atom stereocenters. The number of aromatic nitrogens is 4. The maximum Gasteiger partial charge on any atom is 0.416 e. The van der Waals surface area contributed by atoms with Crippen LogP contribution in [0.4, 0.5) is 4.79 Å². The van der Waals surface area contributed by atoms with Gasteiger partial charge in [0.05, 0.1) is 25.0 Å². The van der Waals surface area contributed by atoms with Gasteiger partial charge in [-0.3, -0.25) is 9.69 Å².